The summed E-state index contributed by atoms with van der Waals surface area (Å²) in [6.07, 6.45) is 2.78. The van der Waals surface area contributed by atoms with Gasteiger partial charge in [0.25, 0.3) is 5.56 Å². The molecular weight excluding hydrogens is 426 g/mol. The summed E-state index contributed by atoms with van der Waals surface area (Å²) in [6, 6.07) is 5.78. The normalized spacial score (nSPS) is 12.5. The molecule has 1 unspecified atom stereocenters. The number of hydrogen-bond donors (Lipinski definition) is 2. The van der Waals surface area contributed by atoms with E-state index in [1.165, 1.54) is 11.3 Å². The van der Waals surface area contributed by atoms with Crippen LogP contribution in [0.25, 0.3) is 21.3 Å². The van der Waals surface area contributed by atoms with Crippen LogP contribution in [-0.4, -0.2) is 52.9 Å². The predicted molar refractivity (Wildman–Crippen MR) is 130 cm³/mol. The highest BCUT2D eigenvalue weighted by Gasteiger charge is 2.19. The lowest BCUT2D eigenvalue weighted by Crippen LogP contribution is -2.38. The van der Waals surface area contributed by atoms with E-state index in [0.717, 1.165) is 17.5 Å². The van der Waals surface area contributed by atoms with Crippen molar-refractivity contribution in [3.05, 3.63) is 52.4 Å². The number of aromatic amines is 1. The Labute approximate surface area is 192 Å². The molecule has 3 rings (SSSR count). The Kier molecular flexibility index (Phi) is 8.06. The molecule has 0 amide bonds. The van der Waals surface area contributed by atoms with Crippen LogP contribution in [0.15, 0.2) is 41.0 Å². The van der Waals surface area contributed by atoms with Crippen LogP contribution in [0.4, 0.5) is 0 Å². The standard InChI is InChI=1S/C24H31N3O4S/c1-6-7-8-17(28)12-27(15(2)3)13-21-25-23(29)22-18(14-32-24(22)26-21)16-9-10-19(30-4)20(11-16)31-5/h6,9-11,14-15,17,28H,1,7-8,12-13H2,2-5H3,(H,25,26,29). The summed E-state index contributed by atoms with van der Waals surface area (Å²) in [6.45, 7) is 8.81. The predicted octanol–water partition coefficient (Wildman–Crippen LogP) is 4.21. The van der Waals surface area contributed by atoms with Crippen molar-refractivity contribution in [1.82, 2.24) is 14.9 Å². The fraction of sp³-hybridized carbons (Fsp3) is 0.417. The van der Waals surface area contributed by atoms with E-state index in [2.05, 4.69) is 30.3 Å². The Morgan fingerprint density at radius 3 is 2.69 bits per heavy atom. The Morgan fingerprint density at radius 1 is 1.28 bits per heavy atom. The smallest absolute Gasteiger partial charge is 0.260 e. The number of fused-ring (bicyclic) bond motifs is 1. The van der Waals surface area contributed by atoms with Gasteiger partial charge in [-0.05, 0) is 44.4 Å². The van der Waals surface area contributed by atoms with E-state index < -0.39 is 6.10 Å². The number of H-pyrrole nitrogens is 1. The number of ether oxygens (including phenoxy) is 2. The minimum atomic E-state index is -0.454. The van der Waals surface area contributed by atoms with Crippen LogP contribution in [0.2, 0.25) is 0 Å². The molecule has 0 aliphatic rings. The van der Waals surface area contributed by atoms with Crippen molar-refractivity contribution in [2.75, 3.05) is 20.8 Å². The largest absolute Gasteiger partial charge is 0.493 e. The summed E-state index contributed by atoms with van der Waals surface area (Å²) in [4.78, 5) is 23.5. The Bertz CT molecular complexity index is 1120. The molecule has 0 aliphatic carbocycles. The van der Waals surface area contributed by atoms with Crippen molar-refractivity contribution in [2.45, 2.75) is 45.4 Å². The molecule has 8 heteroatoms. The number of benzene rings is 1. The van der Waals surface area contributed by atoms with Gasteiger partial charge in [0.05, 0.1) is 32.3 Å². The van der Waals surface area contributed by atoms with Crippen LogP contribution >= 0.6 is 11.3 Å². The molecule has 2 aromatic heterocycles. The molecule has 3 aromatic rings. The zero-order valence-electron chi connectivity index (χ0n) is 19.1. The number of nitrogens with zero attached hydrogens (tertiary/aromatic N) is 2. The monoisotopic (exact) mass is 457 g/mol. The fourth-order valence-corrected chi connectivity index (χ4v) is 4.57. The summed E-state index contributed by atoms with van der Waals surface area (Å²) in [5, 5.41) is 12.8. The molecule has 1 aromatic carbocycles. The van der Waals surface area contributed by atoms with Crippen LogP contribution in [-0.2, 0) is 6.54 Å². The van der Waals surface area contributed by atoms with Crippen molar-refractivity contribution in [3.63, 3.8) is 0 Å². The molecule has 0 spiro atoms. The van der Waals surface area contributed by atoms with E-state index in [-0.39, 0.29) is 11.6 Å². The average molecular weight is 458 g/mol. The minimum Gasteiger partial charge on any atom is -0.493 e. The van der Waals surface area contributed by atoms with Crippen LogP contribution < -0.4 is 15.0 Å². The fourth-order valence-electron chi connectivity index (χ4n) is 3.61. The molecule has 2 heterocycles. The average Bonchev–Trinajstić information content (AvgIpc) is 3.21. The lowest BCUT2D eigenvalue weighted by molar-refractivity contribution is 0.0839. The number of aliphatic hydroxyl groups is 1. The molecule has 0 bridgehead atoms. The van der Waals surface area contributed by atoms with Gasteiger partial charge < -0.3 is 19.6 Å². The van der Waals surface area contributed by atoms with Crippen LogP contribution in [0.3, 0.4) is 0 Å². The summed E-state index contributed by atoms with van der Waals surface area (Å²) < 4.78 is 10.7. The lowest BCUT2D eigenvalue weighted by Gasteiger charge is -2.28. The second-order valence-electron chi connectivity index (χ2n) is 7.95. The number of rotatable bonds is 11. The van der Waals surface area contributed by atoms with Crippen molar-refractivity contribution in [3.8, 4) is 22.6 Å². The van der Waals surface area contributed by atoms with E-state index in [4.69, 9.17) is 14.5 Å². The highest BCUT2D eigenvalue weighted by atomic mass is 32.1. The quantitative estimate of drug-likeness (QED) is 0.420. The van der Waals surface area contributed by atoms with Crippen LogP contribution in [0, 0.1) is 0 Å². The molecule has 0 aliphatic heterocycles. The second kappa shape index (κ2) is 10.8. The van der Waals surface area contributed by atoms with Gasteiger partial charge >= 0.3 is 0 Å². The zero-order valence-corrected chi connectivity index (χ0v) is 19.9. The zero-order chi connectivity index (χ0) is 23.3. The number of aliphatic hydroxyl groups excluding tert-OH is 1. The molecule has 32 heavy (non-hydrogen) atoms. The number of nitrogens with one attached hydrogen (secondary N) is 1. The molecule has 7 nitrogen and oxygen atoms in total. The van der Waals surface area contributed by atoms with Gasteiger partial charge in [0, 0.05) is 23.5 Å². The number of allylic oxidation sites excluding steroid dienone is 1. The summed E-state index contributed by atoms with van der Waals surface area (Å²) in [7, 11) is 3.18. The molecule has 2 N–H and O–H groups in total. The SMILES string of the molecule is C=CCCC(O)CN(Cc1nc2scc(-c3ccc(OC)c(OC)c3)c2c(=O)[nH]1)C(C)C. The molecule has 0 saturated carbocycles. The molecule has 0 radical (unpaired) electrons. The van der Waals surface area contributed by atoms with Crippen molar-refractivity contribution >= 4 is 21.6 Å². The number of aromatic nitrogens is 2. The van der Waals surface area contributed by atoms with Gasteiger partial charge in [-0.2, -0.15) is 0 Å². The maximum atomic E-state index is 13.0. The van der Waals surface area contributed by atoms with Crippen molar-refractivity contribution in [2.24, 2.45) is 0 Å². The number of methoxy groups -OCH3 is 2. The third-order valence-electron chi connectivity index (χ3n) is 5.42. The topological polar surface area (TPSA) is 87.7 Å². The molecule has 0 saturated heterocycles. The van der Waals surface area contributed by atoms with E-state index in [1.54, 1.807) is 14.2 Å². The first-order chi connectivity index (χ1) is 15.4. The minimum absolute atomic E-state index is 0.174. The van der Waals surface area contributed by atoms with Crippen LogP contribution in [0.5, 0.6) is 11.5 Å². The third-order valence-corrected chi connectivity index (χ3v) is 6.29. The van der Waals surface area contributed by atoms with Gasteiger partial charge in [0.15, 0.2) is 11.5 Å². The van der Waals surface area contributed by atoms with Crippen molar-refractivity contribution in [1.29, 1.82) is 0 Å². The third kappa shape index (κ3) is 5.38. The van der Waals surface area contributed by atoms with Gasteiger partial charge in [-0.1, -0.05) is 12.1 Å². The first kappa shape index (κ1) is 24.0. The lowest BCUT2D eigenvalue weighted by atomic mass is 10.1. The first-order valence-electron chi connectivity index (χ1n) is 10.6. The first-order valence-corrected chi connectivity index (χ1v) is 11.5. The summed E-state index contributed by atoms with van der Waals surface area (Å²) in [5.41, 5.74) is 1.50. The molecule has 0 fully saturated rings. The van der Waals surface area contributed by atoms with E-state index >= 15 is 0 Å². The number of thiophene rings is 1. The van der Waals surface area contributed by atoms with Gasteiger partial charge in [-0.15, -0.1) is 17.9 Å². The van der Waals surface area contributed by atoms with Crippen LogP contribution in [0.1, 0.15) is 32.5 Å². The van der Waals surface area contributed by atoms with Crippen molar-refractivity contribution < 1.29 is 14.6 Å². The van der Waals surface area contributed by atoms with E-state index in [1.807, 2.05) is 29.7 Å². The van der Waals surface area contributed by atoms with Gasteiger partial charge in [-0.25, -0.2) is 4.98 Å². The van der Waals surface area contributed by atoms with Gasteiger partial charge in [0.2, 0.25) is 0 Å². The maximum absolute atomic E-state index is 13.0. The Hall–Kier alpha value is -2.68. The molecular formula is C24H31N3O4S. The molecule has 1 atom stereocenters. The highest BCUT2D eigenvalue weighted by molar-refractivity contribution is 7.17. The maximum Gasteiger partial charge on any atom is 0.260 e. The summed E-state index contributed by atoms with van der Waals surface area (Å²) >= 11 is 1.44. The molecule has 172 valence electrons. The van der Waals surface area contributed by atoms with E-state index in [0.29, 0.717) is 47.1 Å². The Morgan fingerprint density at radius 2 is 2.03 bits per heavy atom. The van der Waals surface area contributed by atoms with Gasteiger partial charge in [-0.3, -0.25) is 9.69 Å². The second-order valence-corrected chi connectivity index (χ2v) is 8.81. The summed E-state index contributed by atoms with van der Waals surface area (Å²) in [5.74, 6) is 1.83. The van der Waals surface area contributed by atoms with E-state index in [9.17, 15) is 9.90 Å². The number of hydrogen-bond acceptors (Lipinski definition) is 7. The Balaban J connectivity index is 1.90. The highest BCUT2D eigenvalue weighted by Crippen LogP contribution is 2.36. The van der Waals surface area contributed by atoms with Gasteiger partial charge in [0.1, 0.15) is 10.7 Å².